The van der Waals surface area contributed by atoms with Crippen molar-refractivity contribution in [2.75, 3.05) is 36.9 Å². The van der Waals surface area contributed by atoms with E-state index in [1.165, 1.54) is 36.3 Å². The van der Waals surface area contributed by atoms with E-state index in [-0.39, 0.29) is 17.3 Å². The number of likely N-dealkylation sites (tertiary alicyclic amines) is 1. The van der Waals surface area contributed by atoms with Crippen molar-refractivity contribution < 1.29 is 9.18 Å². The molecule has 1 aliphatic rings. The maximum atomic E-state index is 13.4. The Bertz CT molecular complexity index is 1080. The first-order valence-electron chi connectivity index (χ1n) is 11.1. The molecule has 1 aromatic carbocycles. The molecule has 0 saturated carbocycles. The number of amides is 1. The van der Waals surface area contributed by atoms with E-state index in [1.807, 2.05) is 16.8 Å². The number of aromatic nitrogens is 3. The molecule has 2 aromatic heterocycles. The molecule has 0 bridgehead atoms. The van der Waals surface area contributed by atoms with Gasteiger partial charge in [-0.1, -0.05) is 24.2 Å². The topological polar surface area (TPSA) is 65.8 Å². The fraction of sp³-hybridized carbons (Fsp3) is 0.522. The number of halogens is 1. The van der Waals surface area contributed by atoms with Crippen LogP contribution in [0.4, 0.5) is 15.3 Å². The van der Waals surface area contributed by atoms with Crippen molar-refractivity contribution in [1.29, 1.82) is 0 Å². The Hall–Kier alpha value is -2.68. The zero-order chi connectivity index (χ0) is 22.9. The van der Waals surface area contributed by atoms with Crippen LogP contribution in [0.5, 0.6) is 0 Å². The molecule has 172 valence electrons. The van der Waals surface area contributed by atoms with Crippen molar-refractivity contribution in [2.24, 2.45) is 0 Å². The van der Waals surface area contributed by atoms with Crippen LogP contribution >= 0.6 is 11.3 Å². The number of nitrogens with zero attached hydrogens (tertiary/aromatic N) is 5. The van der Waals surface area contributed by atoms with Gasteiger partial charge >= 0.3 is 0 Å². The van der Waals surface area contributed by atoms with E-state index in [4.69, 9.17) is 10.1 Å². The molecule has 9 heteroatoms. The van der Waals surface area contributed by atoms with Gasteiger partial charge in [-0.05, 0) is 57.9 Å². The number of fused-ring (bicyclic) bond motifs is 1. The maximum absolute atomic E-state index is 13.4. The van der Waals surface area contributed by atoms with Crippen molar-refractivity contribution in [1.82, 2.24) is 19.5 Å². The van der Waals surface area contributed by atoms with Gasteiger partial charge in [0.05, 0.1) is 6.54 Å². The molecular formula is C23H31FN6OS. The molecule has 0 unspecified atom stereocenters. The largest absolute Gasteiger partial charge is 0.364 e. The Kier molecular flexibility index (Phi) is 6.37. The first kappa shape index (κ1) is 22.5. The molecule has 4 rings (SSSR count). The number of benzene rings is 1. The van der Waals surface area contributed by atoms with Crippen LogP contribution in [0.15, 0.2) is 24.3 Å². The number of hydrogen-bond acceptors (Lipinski definition) is 6. The molecule has 1 aliphatic heterocycles. The Balaban J connectivity index is 1.61. The van der Waals surface area contributed by atoms with E-state index in [0.717, 1.165) is 53.1 Å². The Morgan fingerprint density at radius 2 is 1.81 bits per heavy atom. The number of hydrogen-bond donors (Lipinski definition) is 1. The number of carbonyl (C=O) groups is 1. The monoisotopic (exact) mass is 458 g/mol. The Morgan fingerprint density at radius 1 is 1.16 bits per heavy atom. The number of anilines is 2. The van der Waals surface area contributed by atoms with Gasteiger partial charge in [-0.25, -0.2) is 9.37 Å². The minimum Gasteiger partial charge on any atom is -0.364 e. The van der Waals surface area contributed by atoms with Gasteiger partial charge in [-0.15, -0.1) is 5.10 Å². The van der Waals surface area contributed by atoms with Gasteiger partial charge in [0.2, 0.25) is 16.0 Å². The number of rotatable bonds is 5. The lowest BCUT2D eigenvalue weighted by Crippen LogP contribution is -2.39. The van der Waals surface area contributed by atoms with Gasteiger partial charge in [0.25, 0.3) is 0 Å². The highest BCUT2D eigenvalue weighted by atomic mass is 32.1. The number of imidazole rings is 1. The van der Waals surface area contributed by atoms with Gasteiger partial charge in [-0.3, -0.25) is 4.79 Å². The zero-order valence-electron chi connectivity index (χ0n) is 19.2. The Labute approximate surface area is 192 Å². The molecule has 3 heterocycles. The van der Waals surface area contributed by atoms with E-state index in [2.05, 4.69) is 26.1 Å². The quantitative estimate of drug-likeness (QED) is 0.603. The fourth-order valence-electron chi connectivity index (χ4n) is 3.86. The SMILES string of the molecule is CN(CC(=O)N1CCCCCC1)c1nn2c(NC(C)(C)C)c(-c3ccc(F)cc3)nc2s1. The highest BCUT2D eigenvalue weighted by molar-refractivity contribution is 7.20. The second kappa shape index (κ2) is 9.05. The normalized spacial score (nSPS) is 15.1. The summed E-state index contributed by atoms with van der Waals surface area (Å²) in [4.78, 5) is 22.2. The van der Waals surface area contributed by atoms with Crippen LogP contribution in [0.25, 0.3) is 16.2 Å². The lowest BCUT2D eigenvalue weighted by Gasteiger charge is -2.24. The predicted molar refractivity (Wildman–Crippen MR) is 128 cm³/mol. The third-order valence-corrected chi connectivity index (χ3v) is 6.48. The summed E-state index contributed by atoms with van der Waals surface area (Å²) in [6.07, 6.45) is 4.55. The summed E-state index contributed by atoms with van der Waals surface area (Å²) in [5.74, 6) is 0.618. The van der Waals surface area contributed by atoms with Crippen LogP contribution in [0.1, 0.15) is 46.5 Å². The van der Waals surface area contributed by atoms with Gasteiger partial charge in [0.1, 0.15) is 11.5 Å². The second-order valence-corrected chi connectivity index (χ2v) is 10.4. The third kappa shape index (κ3) is 5.03. The van der Waals surface area contributed by atoms with Crippen LogP contribution in [0.2, 0.25) is 0 Å². The first-order chi connectivity index (χ1) is 15.2. The van der Waals surface area contributed by atoms with Crippen molar-refractivity contribution in [3.05, 3.63) is 30.1 Å². The molecule has 1 amide bonds. The minimum atomic E-state index is -0.281. The van der Waals surface area contributed by atoms with Crippen LogP contribution in [0, 0.1) is 5.82 Å². The van der Waals surface area contributed by atoms with Gasteiger partial charge in [0, 0.05) is 31.2 Å². The standard InChI is InChI=1S/C23H31FN6OS/c1-23(2,3)26-20-19(16-9-11-17(24)12-10-16)25-21-30(20)27-22(32-21)28(4)15-18(31)29-13-7-5-6-8-14-29/h9-12,26H,5-8,13-15H2,1-4H3. The summed E-state index contributed by atoms with van der Waals surface area (Å²) < 4.78 is 15.2. The summed E-state index contributed by atoms with van der Waals surface area (Å²) in [6, 6.07) is 6.32. The molecule has 0 radical (unpaired) electrons. The Morgan fingerprint density at radius 3 is 2.44 bits per heavy atom. The molecule has 32 heavy (non-hydrogen) atoms. The summed E-state index contributed by atoms with van der Waals surface area (Å²) >= 11 is 1.44. The fourth-order valence-corrected chi connectivity index (χ4v) is 4.72. The minimum absolute atomic E-state index is 0.141. The lowest BCUT2D eigenvalue weighted by molar-refractivity contribution is -0.129. The van der Waals surface area contributed by atoms with Gasteiger partial charge in [0.15, 0.2) is 5.82 Å². The highest BCUT2D eigenvalue weighted by Crippen LogP contribution is 2.34. The van der Waals surface area contributed by atoms with Crippen LogP contribution in [0.3, 0.4) is 0 Å². The summed E-state index contributed by atoms with van der Waals surface area (Å²) in [5, 5.41) is 9.00. The van der Waals surface area contributed by atoms with E-state index >= 15 is 0 Å². The number of likely N-dealkylation sites (N-methyl/N-ethyl adjacent to an activating group) is 1. The first-order valence-corrected chi connectivity index (χ1v) is 12.0. The molecule has 0 spiro atoms. The van der Waals surface area contributed by atoms with E-state index < -0.39 is 0 Å². The number of carbonyl (C=O) groups excluding carboxylic acids is 1. The average molecular weight is 459 g/mol. The number of nitrogens with one attached hydrogen (secondary N) is 1. The van der Waals surface area contributed by atoms with Crippen molar-refractivity contribution >= 4 is 33.2 Å². The predicted octanol–water partition coefficient (Wildman–Crippen LogP) is 4.65. The van der Waals surface area contributed by atoms with Crippen molar-refractivity contribution in [3.8, 4) is 11.3 Å². The molecule has 7 nitrogen and oxygen atoms in total. The molecule has 1 fully saturated rings. The second-order valence-electron chi connectivity index (χ2n) is 9.42. The van der Waals surface area contributed by atoms with E-state index in [1.54, 1.807) is 16.6 Å². The molecule has 0 atom stereocenters. The van der Waals surface area contributed by atoms with E-state index in [9.17, 15) is 9.18 Å². The molecule has 0 aliphatic carbocycles. The van der Waals surface area contributed by atoms with Crippen molar-refractivity contribution in [3.63, 3.8) is 0 Å². The maximum Gasteiger partial charge on any atom is 0.242 e. The molecule has 1 N–H and O–H groups in total. The van der Waals surface area contributed by atoms with Gasteiger partial charge < -0.3 is 15.1 Å². The zero-order valence-corrected chi connectivity index (χ0v) is 20.0. The summed E-state index contributed by atoms with van der Waals surface area (Å²) in [5.41, 5.74) is 1.33. The smallest absolute Gasteiger partial charge is 0.242 e. The third-order valence-electron chi connectivity index (χ3n) is 5.46. The van der Waals surface area contributed by atoms with E-state index in [0.29, 0.717) is 6.54 Å². The average Bonchev–Trinajstić information content (AvgIpc) is 3.14. The molecule has 1 saturated heterocycles. The van der Waals surface area contributed by atoms with Crippen molar-refractivity contribution in [2.45, 2.75) is 52.0 Å². The van der Waals surface area contributed by atoms with Crippen LogP contribution in [-0.4, -0.2) is 57.6 Å². The molecule has 3 aromatic rings. The van der Waals surface area contributed by atoms with Crippen LogP contribution < -0.4 is 10.2 Å². The molecular weight excluding hydrogens is 427 g/mol. The van der Waals surface area contributed by atoms with Gasteiger partial charge in [-0.2, -0.15) is 4.52 Å². The highest BCUT2D eigenvalue weighted by Gasteiger charge is 2.24. The van der Waals surface area contributed by atoms with Crippen LogP contribution in [-0.2, 0) is 4.79 Å². The summed E-state index contributed by atoms with van der Waals surface area (Å²) in [6.45, 7) is 8.19. The lowest BCUT2D eigenvalue weighted by atomic mass is 10.1. The summed E-state index contributed by atoms with van der Waals surface area (Å²) in [7, 11) is 1.89.